The van der Waals surface area contributed by atoms with Crippen molar-refractivity contribution >= 4 is 5.97 Å². The van der Waals surface area contributed by atoms with Gasteiger partial charge < -0.3 is 14.0 Å². The Morgan fingerprint density at radius 1 is 1.00 bits per heavy atom. The number of hydrogen-bond acceptors (Lipinski definition) is 3. The van der Waals surface area contributed by atoms with E-state index in [1.165, 1.54) is 7.11 Å². The zero-order chi connectivity index (χ0) is 16.1. The lowest BCUT2D eigenvalue weighted by Gasteiger charge is -2.14. The smallest absolute Gasteiger partial charge is 0.337 e. The van der Waals surface area contributed by atoms with E-state index in [2.05, 4.69) is 0 Å². The normalized spacial score (nSPS) is 10.3. The predicted octanol–water partition coefficient (Wildman–Crippen LogP) is 3.84. The molecule has 0 unspecified atom stereocenters. The maximum Gasteiger partial charge on any atom is 0.337 e. The molecule has 0 aliphatic rings. The molecular formula is C19H17NO3. The molecule has 0 saturated heterocycles. The van der Waals surface area contributed by atoms with Crippen molar-refractivity contribution in [2.75, 3.05) is 7.11 Å². The molecule has 3 rings (SSSR count). The van der Waals surface area contributed by atoms with Crippen LogP contribution in [0.1, 0.15) is 15.9 Å². The first kappa shape index (κ1) is 14.9. The van der Waals surface area contributed by atoms with Crippen molar-refractivity contribution in [3.05, 3.63) is 84.2 Å². The topological polar surface area (TPSA) is 40.5 Å². The monoisotopic (exact) mass is 307 g/mol. The molecule has 4 heteroatoms. The third-order valence-corrected chi connectivity index (χ3v) is 3.50. The summed E-state index contributed by atoms with van der Waals surface area (Å²) in [5, 5.41) is 0. The van der Waals surface area contributed by atoms with Gasteiger partial charge in [0.1, 0.15) is 12.4 Å². The zero-order valence-electron chi connectivity index (χ0n) is 12.8. The minimum Gasteiger partial charge on any atom is -0.487 e. The number of nitrogens with zero attached hydrogens (tertiary/aromatic N) is 1. The second-order valence-corrected chi connectivity index (χ2v) is 5.04. The molecular weight excluding hydrogens is 290 g/mol. The number of carbonyl (C=O) groups is 1. The Balaban J connectivity index is 1.91. The van der Waals surface area contributed by atoms with E-state index < -0.39 is 0 Å². The molecule has 0 radical (unpaired) electrons. The molecule has 1 heterocycles. The van der Waals surface area contributed by atoms with Gasteiger partial charge in [0.05, 0.1) is 18.4 Å². The van der Waals surface area contributed by atoms with E-state index in [-0.39, 0.29) is 5.97 Å². The van der Waals surface area contributed by atoms with Crippen molar-refractivity contribution in [2.45, 2.75) is 6.61 Å². The lowest BCUT2D eigenvalue weighted by molar-refractivity contribution is 0.0600. The van der Waals surface area contributed by atoms with Crippen LogP contribution in [-0.2, 0) is 11.3 Å². The van der Waals surface area contributed by atoms with Crippen molar-refractivity contribution in [3.63, 3.8) is 0 Å². The fourth-order valence-electron chi connectivity index (χ4n) is 2.32. The van der Waals surface area contributed by atoms with Gasteiger partial charge in [-0.3, -0.25) is 0 Å². The second-order valence-electron chi connectivity index (χ2n) is 5.04. The Kier molecular flexibility index (Phi) is 4.43. The van der Waals surface area contributed by atoms with Crippen LogP contribution in [0.4, 0.5) is 0 Å². The van der Waals surface area contributed by atoms with E-state index in [0.717, 1.165) is 11.3 Å². The second kappa shape index (κ2) is 6.83. The van der Waals surface area contributed by atoms with E-state index in [1.54, 1.807) is 18.2 Å². The van der Waals surface area contributed by atoms with Crippen molar-refractivity contribution in [1.29, 1.82) is 0 Å². The number of carbonyl (C=O) groups excluding carboxylic acids is 1. The number of ether oxygens (including phenoxy) is 2. The Morgan fingerprint density at radius 2 is 1.74 bits per heavy atom. The Morgan fingerprint density at radius 3 is 2.43 bits per heavy atom. The van der Waals surface area contributed by atoms with Gasteiger partial charge in [-0.05, 0) is 35.9 Å². The summed E-state index contributed by atoms with van der Waals surface area (Å²) in [4.78, 5) is 11.8. The number of methoxy groups -OCH3 is 1. The van der Waals surface area contributed by atoms with Crippen LogP contribution < -0.4 is 4.74 Å². The summed E-state index contributed by atoms with van der Waals surface area (Å²) in [5.41, 5.74) is 2.38. The largest absolute Gasteiger partial charge is 0.487 e. The van der Waals surface area contributed by atoms with E-state index in [1.807, 2.05) is 59.4 Å². The molecule has 0 aliphatic carbocycles. The third-order valence-electron chi connectivity index (χ3n) is 3.50. The molecule has 0 aliphatic heterocycles. The van der Waals surface area contributed by atoms with Gasteiger partial charge in [-0.15, -0.1) is 0 Å². The summed E-state index contributed by atoms with van der Waals surface area (Å²) in [6.45, 7) is 0.465. The van der Waals surface area contributed by atoms with Crippen LogP contribution in [0.2, 0.25) is 0 Å². The van der Waals surface area contributed by atoms with Crippen LogP contribution >= 0.6 is 0 Å². The maximum absolute atomic E-state index is 11.8. The highest BCUT2D eigenvalue weighted by Crippen LogP contribution is 2.26. The number of hydrogen-bond donors (Lipinski definition) is 0. The molecule has 0 atom stereocenters. The van der Waals surface area contributed by atoms with Crippen molar-refractivity contribution in [1.82, 2.24) is 4.57 Å². The maximum atomic E-state index is 11.8. The standard InChI is InChI=1S/C19H17NO3/c1-22-19(21)16-9-10-18(17(13-16)20-11-5-6-12-20)23-14-15-7-3-2-4-8-15/h2-13H,14H2,1H3. The molecule has 4 nitrogen and oxygen atoms in total. The summed E-state index contributed by atoms with van der Waals surface area (Å²) in [7, 11) is 1.37. The number of rotatable bonds is 5. The van der Waals surface area contributed by atoms with Gasteiger partial charge in [0.2, 0.25) is 0 Å². The zero-order valence-corrected chi connectivity index (χ0v) is 12.8. The van der Waals surface area contributed by atoms with Crippen molar-refractivity contribution in [2.24, 2.45) is 0 Å². The van der Waals surface area contributed by atoms with Gasteiger partial charge in [-0.25, -0.2) is 4.79 Å². The van der Waals surface area contributed by atoms with Gasteiger partial charge in [0.25, 0.3) is 0 Å². The fourth-order valence-corrected chi connectivity index (χ4v) is 2.32. The molecule has 0 saturated carbocycles. The highest BCUT2D eigenvalue weighted by molar-refractivity contribution is 5.90. The van der Waals surface area contributed by atoms with Crippen LogP contribution in [0, 0.1) is 0 Å². The van der Waals surface area contributed by atoms with Crippen LogP contribution in [0.3, 0.4) is 0 Å². The number of esters is 1. The summed E-state index contributed by atoms with van der Waals surface area (Å²) < 4.78 is 12.6. The molecule has 0 fully saturated rings. The van der Waals surface area contributed by atoms with E-state index in [4.69, 9.17) is 9.47 Å². The molecule has 0 N–H and O–H groups in total. The lowest BCUT2D eigenvalue weighted by atomic mass is 10.2. The minimum atomic E-state index is -0.368. The molecule has 116 valence electrons. The van der Waals surface area contributed by atoms with Gasteiger partial charge in [0, 0.05) is 12.4 Å². The van der Waals surface area contributed by atoms with E-state index >= 15 is 0 Å². The highest BCUT2D eigenvalue weighted by Gasteiger charge is 2.12. The SMILES string of the molecule is COC(=O)c1ccc(OCc2ccccc2)c(-n2cccc2)c1. The highest BCUT2D eigenvalue weighted by atomic mass is 16.5. The van der Waals surface area contributed by atoms with Gasteiger partial charge in [-0.2, -0.15) is 0 Å². The van der Waals surface area contributed by atoms with Crippen LogP contribution in [-0.4, -0.2) is 17.6 Å². The Labute approximate surface area is 134 Å². The molecule has 0 amide bonds. The molecule has 2 aromatic carbocycles. The first-order chi connectivity index (χ1) is 11.3. The first-order valence-electron chi connectivity index (χ1n) is 7.30. The fraction of sp³-hybridized carbons (Fsp3) is 0.105. The van der Waals surface area contributed by atoms with Gasteiger partial charge in [0.15, 0.2) is 0 Å². The molecule has 0 spiro atoms. The van der Waals surface area contributed by atoms with Gasteiger partial charge >= 0.3 is 5.97 Å². The van der Waals surface area contributed by atoms with Gasteiger partial charge in [-0.1, -0.05) is 30.3 Å². The predicted molar refractivity (Wildman–Crippen MR) is 87.9 cm³/mol. The van der Waals surface area contributed by atoms with Crippen molar-refractivity contribution in [3.8, 4) is 11.4 Å². The Hall–Kier alpha value is -3.01. The van der Waals surface area contributed by atoms with Crippen LogP contribution in [0.25, 0.3) is 5.69 Å². The Bertz CT molecular complexity index is 780. The molecule has 23 heavy (non-hydrogen) atoms. The van der Waals surface area contributed by atoms with Crippen LogP contribution in [0.15, 0.2) is 73.1 Å². The van der Waals surface area contributed by atoms with E-state index in [9.17, 15) is 4.79 Å². The first-order valence-corrected chi connectivity index (χ1v) is 7.30. The van der Waals surface area contributed by atoms with E-state index in [0.29, 0.717) is 17.9 Å². The average molecular weight is 307 g/mol. The molecule has 0 bridgehead atoms. The summed E-state index contributed by atoms with van der Waals surface area (Å²) >= 11 is 0. The lowest BCUT2D eigenvalue weighted by Crippen LogP contribution is -2.05. The van der Waals surface area contributed by atoms with Crippen molar-refractivity contribution < 1.29 is 14.3 Å². The third kappa shape index (κ3) is 3.43. The molecule has 1 aromatic heterocycles. The van der Waals surface area contributed by atoms with Crippen LogP contribution in [0.5, 0.6) is 5.75 Å². The minimum absolute atomic E-state index is 0.368. The molecule has 3 aromatic rings. The average Bonchev–Trinajstić information content (AvgIpc) is 3.14. The number of benzene rings is 2. The summed E-state index contributed by atoms with van der Waals surface area (Å²) in [5.74, 6) is 0.339. The summed E-state index contributed by atoms with van der Waals surface area (Å²) in [6, 6.07) is 19.1. The number of aromatic nitrogens is 1. The summed E-state index contributed by atoms with van der Waals surface area (Å²) in [6.07, 6.45) is 3.82. The quantitative estimate of drug-likeness (QED) is 0.672.